The first-order chi connectivity index (χ1) is 18.5. The minimum Gasteiger partial charge on any atom is -0.497 e. The second-order valence-corrected chi connectivity index (χ2v) is 11.0. The molecule has 2 heterocycles. The maximum atomic E-state index is 13.9. The highest BCUT2D eigenvalue weighted by molar-refractivity contribution is 7.99. The number of aryl methyl sites for hydroxylation is 1. The highest BCUT2D eigenvalue weighted by Crippen LogP contribution is 2.29. The van der Waals surface area contributed by atoms with Gasteiger partial charge in [-0.05, 0) is 48.5 Å². The molecule has 7 nitrogen and oxygen atoms in total. The molecule has 0 aliphatic carbocycles. The quantitative estimate of drug-likeness (QED) is 0.149. The van der Waals surface area contributed by atoms with Gasteiger partial charge < -0.3 is 10.1 Å². The number of fused-ring (bicyclic) bond motifs is 1. The van der Waals surface area contributed by atoms with Gasteiger partial charge >= 0.3 is 0 Å². The van der Waals surface area contributed by atoms with Crippen LogP contribution in [0.1, 0.15) is 11.1 Å². The van der Waals surface area contributed by atoms with Crippen LogP contribution in [0.2, 0.25) is 0 Å². The van der Waals surface area contributed by atoms with E-state index in [2.05, 4.69) is 5.32 Å². The van der Waals surface area contributed by atoms with Crippen molar-refractivity contribution in [3.63, 3.8) is 0 Å². The lowest BCUT2D eigenvalue weighted by atomic mass is 10.2. The molecular weight excluding hydrogens is 537 g/mol. The molecule has 192 valence electrons. The largest absolute Gasteiger partial charge is 0.497 e. The Labute approximate surface area is 232 Å². The first-order valence-corrected chi connectivity index (χ1v) is 14.0. The van der Waals surface area contributed by atoms with Gasteiger partial charge in [0.25, 0.3) is 5.56 Å². The molecule has 2 aromatic heterocycles. The number of nitrogens with one attached hydrogen (secondary N) is 1. The van der Waals surface area contributed by atoms with Gasteiger partial charge in [0, 0.05) is 12.6 Å². The van der Waals surface area contributed by atoms with Gasteiger partial charge in [0.2, 0.25) is 5.91 Å². The average molecular weight is 561 g/mol. The Bertz CT molecular complexity index is 1740. The van der Waals surface area contributed by atoms with E-state index in [9.17, 15) is 9.59 Å². The molecule has 0 aliphatic heterocycles. The number of aromatic nitrogens is 3. The number of hydrogen-bond acceptors (Lipinski definition) is 7. The van der Waals surface area contributed by atoms with Crippen LogP contribution in [0.15, 0.2) is 88.8 Å². The number of methoxy groups -OCH3 is 1. The van der Waals surface area contributed by atoms with E-state index in [0.29, 0.717) is 37.4 Å². The second-order valence-electron chi connectivity index (χ2n) is 8.43. The van der Waals surface area contributed by atoms with Gasteiger partial charge in [-0.25, -0.2) is 4.98 Å². The Kier molecular flexibility index (Phi) is 7.73. The molecule has 38 heavy (non-hydrogen) atoms. The molecule has 0 radical (unpaired) electrons. The summed E-state index contributed by atoms with van der Waals surface area (Å²) in [4.78, 5) is 31.6. The fraction of sp³-hybridized carbons (Fsp3) is 0.143. The van der Waals surface area contributed by atoms with Crippen molar-refractivity contribution >= 4 is 51.6 Å². The van der Waals surface area contributed by atoms with Crippen LogP contribution in [-0.4, -0.2) is 32.9 Å². The minimum atomic E-state index is -0.228. The SMILES string of the molecule is COc1cccc(-n2c(=S)sc3c(=O)n(-c4ccccc4C)c(SCC(=O)NCc4ccccc4)nc32)c1. The first kappa shape index (κ1) is 25.9. The van der Waals surface area contributed by atoms with Crippen LogP contribution in [0.5, 0.6) is 5.75 Å². The number of amides is 1. The van der Waals surface area contributed by atoms with Gasteiger partial charge in [-0.3, -0.25) is 18.7 Å². The minimum absolute atomic E-state index is 0.0979. The molecule has 10 heteroatoms. The molecule has 0 saturated heterocycles. The first-order valence-electron chi connectivity index (χ1n) is 11.8. The van der Waals surface area contributed by atoms with E-state index >= 15 is 0 Å². The Morgan fingerprint density at radius 1 is 1.05 bits per heavy atom. The van der Waals surface area contributed by atoms with Crippen LogP contribution in [0.3, 0.4) is 0 Å². The molecular formula is C28H24N4O3S3. The van der Waals surface area contributed by atoms with E-state index in [1.807, 2.05) is 85.8 Å². The van der Waals surface area contributed by atoms with Crippen molar-refractivity contribution in [1.82, 2.24) is 19.4 Å². The molecule has 3 aromatic carbocycles. The molecule has 0 aliphatic rings. The van der Waals surface area contributed by atoms with Gasteiger partial charge in [-0.15, -0.1) is 0 Å². The lowest BCUT2D eigenvalue weighted by molar-refractivity contribution is -0.118. The van der Waals surface area contributed by atoms with Crippen LogP contribution >= 0.6 is 35.3 Å². The lowest BCUT2D eigenvalue weighted by Crippen LogP contribution is -2.26. The van der Waals surface area contributed by atoms with Crippen LogP contribution < -0.4 is 15.6 Å². The molecule has 0 saturated carbocycles. The second kappa shape index (κ2) is 11.3. The molecule has 0 fully saturated rings. The van der Waals surface area contributed by atoms with E-state index in [4.69, 9.17) is 21.9 Å². The number of rotatable bonds is 8. The molecule has 0 spiro atoms. The Balaban J connectivity index is 1.58. The zero-order valence-corrected chi connectivity index (χ0v) is 23.2. The fourth-order valence-corrected chi connectivity index (χ4v) is 6.14. The average Bonchev–Trinajstić information content (AvgIpc) is 3.28. The van der Waals surface area contributed by atoms with Gasteiger partial charge in [0.1, 0.15) is 10.4 Å². The van der Waals surface area contributed by atoms with Crippen molar-refractivity contribution in [2.24, 2.45) is 0 Å². The van der Waals surface area contributed by atoms with E-state index < -0.39 is 0 Å². The number of ether oxygens (including phenoxy) is 1. The molecule has 5 rings (SSSR count). The number of para-hydroxylation sites is 1. The van der Waals surface area contributed by atoms with Crippen molar-refractivity contribution in [3.8, 4) is 17.1 Å². The normalized spacial score (nSPS) is 11.0. The Morgan fingerprint density at radius 2 is 1.82 bits per heavy atom. The van der Waals surface area contributed by atoms with Crippen LogP contribution in [0.4, 0.5) is 0 Å². The number of nitrogens with zero attached hydrogens (tertiary/aromatic N) is 3. The van der Waals surface area contributed by atoms with E-state index in [0.717, 1.165) is 16.8 Å². The van der Waals surface area contributed by atoms with E-state index in [1.54, 1.807) is 16.2 Å². The molecule has 1 N–H and O–H groups in total. The Hall–Kier alpha value is -3.73. The molecule has 1 amide bonds. The van der Waals surface area contributed by atoms with Crippen molar-refractivity contribution in [1.29, 1.82) is 0 Å². The van der Waals surface area contributed by atoms with Crippen LogP contribution in [0, 0.1) is 10.9 Å². The highest BCUT2D eigenvalue weighted by Gasteiger charge is 2.20. The lowest BCUT2D eigenvalue weighted by Gasteiger charge is -2.15. The molecule has 5 aromatic rings. The van der Waals surface area contributed by atoms with Gasteiger partial charge in [0.05, 0.1) is 24.2 Å². The summed E-state index contributed by atoms with van der Waals surface area (Å²) in [5.74, 6) is 0.613. The van der Waals surface area contributed by atoms with Crippen molar-refractivity contribution < 1.29 is 9.53 Å². The van der Waals surface area contributed by atoms with Crippen LogP contribution in [-0.2, 0) is 11.3 Å². The molecule has 0 atom stereocenters. The monoisotopic (exact) mass is 560 g/mol. The number of thioether (sulfide) groups is 1. The summed E-state index contributed by atoms with van der Waals surface area (Å²) in [6.45, 7) is 2.37. The van der Waals surface area contributed by atoms with E-state index in [-0.39, 0.29) is 17.2 Å². The van der Waals surface area contributed by atoms with Crippen molar-refractivity contribution in [2.45, 2.75) is 18.6 Å². The van der Waals surface area contributed by atoms with Gasteiger partial charge in [-0.2, -0.15) is 0 Å². The smallest absolute Gasteiger partial charge is 0.278 e. The third-order valence-corrected chi connectivity index (χ3v) is 8.20. The van der Waals surface area contributed by atoms with E-state index in [1.165, 1.54) is 23.1 Å². The predicted octanol–water partition coefficient (Wildman–Crippen LogP) is 5.69. The summed E-state index contributed by atoms with van der Waals surface area (Å²) in [6, 6.07) is 24.8. The number of thiazole rings is 1. The summed E-state index contributed by atoms with van der Waals surface area (Å²) in [6.07, 6.45) is 0. The summed E-state index contributed by atoms with van der Waals surface area (Å²) >= 11 is 8.11. The highest BCUT2D eigenvalue weighted by atomic mass is 32.2. The zero-order valence-electron chi connectivity index (χ0n) is 20.7. The standard InChI is InChI=1S/C28H24N4O3S3/c1-18-9-6-7-14-22(18)32-26(34)24-25(31(28(36)38-24)20-12-8-13-21(15-20)35-2)30-27(32)37-17-23(33)29-16-19-10-4-3-5-11-19/h3-15H,16-17H2,1-2H3,(H,29,33). The fourth-order valence-electron chi connectivity index (χ4n) is 4.01. The summed E-state index contributed by atoms with van der Waals surface area (Å²) in [7, 11) is 1.60. The van der Waals surface area contributed by atoms with Crippen molar-refractivity contribution in [3.05, 3.63) is 104 Å². The number of carbonyl (C=O) groups is 1. The maximum absolute atomic E-state index is 13.9. The summed E-state index contributed by atoms with van der Waals surface area (Å²) in [5, 5.41) is 3.35. The third kappa shape index (κ3) is 5.28. The maximum Gasteiger partial charge on any atom is 0.278 e. The number of hydrogen-bond donors (Lipinski definition) is 1. The van der Waals surface area contributed by atoms with Gasteiger partial charge in [-0.1, -0.05) is 77.7 Å². The number of carbonyl (C=O) groups excluding carboxylic acids is 1. The zero-order chi connectivity index (χ0) is 26.6. The number of benzene rings is 3. The van der Waals surface area contributed by atoms with Crippen molar-refractivity contribution in [2.75, 3.05) is 12.9 Å². The summed E-state index contributed by atoms with van der Waals surface area (Å²) < 4.78 is 9.68. The van der Waals surface area contributed by atoms with Crippen LogP contribution in [0.25, 0.3) is 21.7 Å². The predicted molar refractivity (Wildman–Crippen MR) is 156 cm³/mol. The van der Waals surface area contributed by atoms with Gasteiger partial charge in [0.15, 0.2) is 14.8 Å². The Morgan fingerprint density at radius 3 is 2.58 bits per heavy atom. The third-order valence-electron chi connectivity index (χ3n) is 5.91. The molecule has 0 unspecified atom stereocenters. The molecule has 0 bridgehead atoms. The summed E-state index contributed by atoms with van der Waals surface area (Å²) in [5.41, 5.74) is 3.62. The topological polar surface area (TPSA) is 78.1 Å².